The van der Waals surface area contributed by atoms with Crippen molar-refractivity contribution in [3.63, 3.8) is 0 Å². The van der Waals surface area contributed by atoms with E-state index in [1.807, 2.05) is 24.3 Å². The smallest absolute Gasteiger partial charge is 0.240 e. The Bertz CT molecular complexity index is 887. The van der Waals surface area contributed by atoms with Crippen LogP contribution in [0.25, 0.3) is 0 Å². The van der Waals surface area contributed by atoms with Crippen LogP contribution in [0.5, 0.6) is 5.75 Å². The Hall–Kier alpha value is -2.25. The molecule has 8 heteroatoms. The van der Waals surface area contributed by atoms with Crippen molar-refractivity contribution in [3.05, 3.63) is 59.1 Å². The largest absolute Gasteiger partial charge is 0.495 e. The van der Waals surface area contributed by atoms with Crippen LogP contribution in [0.1, 0.15) is 12.0 Å². The van der Waals surface area contributed by atoms with Crippen molar-refractivity contribution < 1.29 is 17.9 Å². The van der Waals surface area contributed by atoms with Gasteiger partial charge in [-0.2, -0.15) is 0 Å². The van der Waals surface area contributed by atoms with Crippen LogP contribution >= 0.6 is 11.6 Å². The molecule has 27 heavy (non-hydrogen) atoms. The summed E-state index contributed by atoms with van der Waals surface area (Å²) < 4.78 is 30.6. The summed E-state index contributed by atoms with van der Waals surface area (Å²) in [7, 11) is -2.20. The molecule has 6 nitrogen and oxygen atoms in total. The lowest BCUT2D eigenvalue weighted by molar-refractivity contribution is -0.119. The highest BCUT2D eigenvalue weighted by atomic mass is 35.5. The molecule has 0 aliphatic heterocycles. The minimum atomic E-state index is -3.65. The zero-order chi connectivity index (χ0) is 19.9. The highest BCUT2D eigenvalue weighted by Crippen LogP contribution is 2.29. The van der Waals surface area contributed by atoms with Gasteiger partial charge in [0.15, 0.2) is 0 Å². The molecule has 0 aliphatic rings. The van der Waals surface area contributed by atoms with Crippen LogP contribution in [0.4, 0.5) is 5.69 Å². The Morgan fingerprint density at radius 3 is 2.48 bits per heavy atom. The fourth-order valence-electron chi connectivity index (χ4n) is 2.61. The van der Waals surface area contributed by atoms with E-state index < -0.39 is 10.0 Å². The molecule has 2 aromatic carbocycles. The molecule has 1 N–H and O–H groups in total. The first kappa shape index (κ1) is 21.1. The van der Waals surface area contributed by atoms with Crippen LogP contribution in [0, 0.1) is 0 Å². The lowest BCUT2D eigenvalue weighted by Crippen LogP contribution is -2.40. The van der Waals surface area contributed by atoms with Gasteiger partial charge in [-0.25, -0.2) is 8.42 Å². The Morgan fingerprint density at radius 1 is 1.15 bits per heavy atom. The summed E-state index contributed by atoms with van der Waals surface area (Å²) in [5.41, 5.74) is 1.34. The molecule has 0 aliphatic carbocycles. The number of ether oxygens (including phenoxy) is 1. The second-order valence-electron chi connectivity index (χ2n) is 5.99. The Balaban J connectivity index is 1.96. The number of hydrogen-bond donors (Lipinski definition) is 1. The van der Waals surface area contributed by atoms with E-state index in [0.29, 0.717) is 29.4 Å². The van der Waals surface area contributed by atoms with Gasteiger partial charge in [0, 0.05) is 11.6 Å². The average Bonchev–Trinajstić information content (AvgIpc) is 2.63. The number of nitrogens with zero attached hydrogens (tertiary/aromatic N) is 1. The van der Waals surface area contributed by atoms with Crippen LogP contribution < -0.4 is 14.4 Å². The van der Waals surface area contributed by atoms with Gasteiger partial charge in [-0.1, -0.05) is 41.9 Å². The zero-order valence-electron chi connectivity index (χ0n) is 15.3. The lowest BCUT2D eigenvalue weighted by Gasteiger charge is -2.23. The topological polar surface area (TPSA) is 75.7 Å². The number of aryl methyl sites for hydroxylation is 1. The molecule has 0 heterocycles. The minimum Gasteiger partial charge on any atom is -0.495 e. The predicted octanol–water partition coefficient (Wildman–Crippen LogP) is 2.86. The third-order valence-corrected chi connectivity index (χ3v) is 5.44. The number of benzene rings is 2. The third kappa shape index (κ3) is 6.15. The van der Waals surface area contributed by atoms with Gasteiger partial charge in [0.2, 0.25) is 15.9 Å². The predicted molar refractivity (Wildman–Crippen MR) is 108 cm³/mol. The highest BCUT2D eigenvalue weighted by Gasteiger charge is 2.23. The lowest BCUT2D eigenvalue weighted by atomic mass is 10.1. The quantitative estimate of drug-likeness (QED) is 0.645. The van der Waals surface area contributed by atoms with E-state index in [9.17, 15) is 13.2 Å². The van der Waals surface area contributed by atoms with E-state index in [1.165, 1.54) is 7.11 Å². The molecule has 146 valence electrons. The molecule has 0 spiro atoms. The van der Waals surface area contributed by atoms with Crippen LogP contribution in [0.15, 0.2) is 48.5 Å². The van der Waals surface area contributed by atoms with Crippen LogP contribution in [-0.2, 0) is 21.2 Å². The fraction of sp³-hybridized carbons (Fsp3) is 0.316. The van der Waals surface area contributed by atoms with Crippen molar-refractivity contribution >= 4 is 33.2 Å². The third-order valence-electron chi connectivity index (χ3n) is 3.94. The van der Waals surface area contributed by atoms with Gasteiger partial charge < -0.3 is 10.1 Å². The van der Waals surface area contributed by atoms with E-state index in [4.69, 9.17) is 16.3 Å². The van der Waals surface area contributed by atoms with E-state index in [1.54, 1.807) is 24.3 Å². The summed E-state index contributed by atoms with van der Waals surface area (Å²) in [6.45, 7) is 0.110. The van der Waals surface area contributed by atoms with E-state index in [0.717, 1.165) is 22.5 Å². The summed E-state index contributed by atoms with van der Waals surface area (Å²) >= 11 is 6.11. The van der Waals surface area contributed by atoms with E-state index in [-0.39, 0.29) is 12.5 Å². The van der Waals surface area contributed by atoms with Gasteiger partial charge in [0.25, 0.3) is 0 Å². The van der Waals surface area contributed by atoms with Gasteiger partial charge in [-0.3, -0.25) is 9.10 Å². The molecule has 0 radical (unpaired) electrons. The van der Waals surface area contributed by atoms with Crippen molar-refractivity contribution in [3.8, 4) is 5.75 Å². The number of hydrogen-bond acceptors (Lipinski definition) is 4. The highest BCUT2D eigenvalue weighted by molar-refractivity contribution is 7.92. The molecule has 1 amide bonds. The van der Waals surface area contributed by atoms with E-state index in [2.05, 4.69) is 5.32 Å². The van der Waals surface area contributed by atoms with Gasteiger partial charge in [-0.15, -0.1) is 0 Å². The summed E-state index contributed by atoms with van der Waals surface area (Å²) in [6.07, 6.45) is 2.48. The molecule has 0 fully saturated rings. The number of nitrogens with one attached hydrogen (secondary N) is 1. The minimum absolute atomic E-state index is 0.314. The van der Waals surface area contributed by atoms with Crippen molar-refractivity contribution in [1.82, 2.24) is 5.32 Å². The van der Waals surface area contributed by atoms with Gasteiger partial charge in [0.1, 0.15) is 12.3 Å². The number of rotatable bonds is 9. The van der Waals surface area contributed by atoms with Gasteiger partial charge in [-0.05, 0) is 36.6 Å². The number of methoxy groups -OCH3 is 1. The Kier molecular flexibility index (Phi) is 7.50. The summed E-state index contributed by atoms with van der Waals surface area (Å²) in [5, 5.41) is 3.45. The molecule has 0 atom stereocenters. The van der Waals surface area contributed by atoms with Gasteiger partial charge >= 0.3 is 0 Å². The van der Waals surface area contributed by atoms with E-state index >= 15 is 0 Å². The molecule has 0 unspecified atom stereocenters. The number of amides is 1. The van der Waals surface area contributed by atoms with Crippen molar-refractivity contribution in [1.29, 1.82) is 0 Å². The first-order valence-corrected chi connectivity index (χ1v) is 10.7. The molecule has 0 saturated heterocycles. The molecule has 0 aromatic heterocycles. The SMILES string of the molecule is COc1ccccc1N(CC(=O)NCCCc1ccccc1Cl)S(C)(=O)=O. The second-order valence-corrected chi connectivity index (χ2v) is 8.30. The first-order valence-electron chi connectivity index (χ1n) is 8.43. The number of carbonyl (C=O) groups excluding carboxylic acids is 1. The second kappa shape index (κ2) is 9.62. The number of halogens is 1. The molecule has 2 aromatic rings. The number of carbonyl (C=O) groups is 1. The fourth-order valence-corrected chi connectivity index (χ4v) is 3.70. The summed E-state index contributed by atoms with van der Waals surface area (Å²) in [6, 6.07) is 14.2. The van der Waals surface area contributed by atoms with Crippen molar-refractivity contribution in [2.45, 2.75) is 12.8 Å². The maximum absolute atomic E-state index is 12.3. The number of anilines is 1. The number of para-hydroxylation sites is 2. The van der Waals surface area contributed by atoms with Crippen LogP contribution in [0.2, 0.25) is 5.02 Å². The van der Waals surface area contributed by atoms with Gasteiger partial charge in [0.05, 0.1) is 19.1 Å². The van der Waals surface area contributed by atoms with Crippen molar-refractivity contribution in [2.75, 3.05) is 30.8 Å². The van der Waals surface area contributed by atoms with Crippen molar-refractivity contribution in [2.24, 2.45) is 0 Å². The molecule has 0 saturated carbocycles. The zero-order valence-corrected chi connectivity index (χ0v) is 16.9. The number of sulfonamides is 1. The van der Waals surface area contributed by atoms with Crippen LogP contribution in [-0.4, -0.2) is 40.8 Å². The molecular weight excluding hydrogens is 388 g/mol. The molecular formula is C19H23ClN2O4S. The first-order chi connectivity index (χ1) is 12.8. The van der Waals surface area contributed by atoms with Crippen LogP contribution in [0.3, 0.4) is 0 Å². The monoisotopic (exact) mass is 410 g/mol. The normalized spacial score (nSPS) is 11.1. The average molecular weight is 411 g/mol. The standard InChI is InChI=1S/C19H23ClN2O4S/c1-26-18-12-6-5-11-17(18)22(27(2,24)25)14-19(23)21-13-7-9-15-8-3-4-10-16(15)20/h3-6,8,10-12H,7,9,13-14H2,1-2H3,(H,21,23). The molecule has 2 rings (SSSR count). The summed E-state index contributed by atoms with van der Waals surface area (Å²) in [4.78, 5) is 12.3. The molecule has 0 bridgehead atoms. The summed E-state index contributed by atoms with van der Waals surface area (Å²) in [5.74, 6) is -0.0000609. The maximum atomic E-state index is 12.3. The maximum Gasteiger partial charge on any atom is 0.240 e. The Morgan fingerprint density at radius 2 is 1.81 bits per heavy atom. The Labute approximate surface area is 165 Å².